The summed E-state index contributed by atoms with van der Waals surface area (Å²) < 4.78 is 13.7. The zero-order chi connectivity index (χ0) is 13.1. The molecule has 2 N–H and O–H groups in total. The Labute approximate surface area is 110 Å². The first-order chi connectivity index (χ1) is 8.69. The third kappa shape index (κ3) is 2.17. The van der Waals surface area contributed by atoms with Crippen molar-refractivity contribution < 1.29 is 9.18 Å². The number of hydrogen-bond acceptors (Lipinski definition) is 3. The van der Waals surface area contributed by atoms with Gasteiger partial charge in [-0.2, -0.15) is 0 Å². The number of halogens is 1. The van der Waals surface area contributed by atoms with Crippen molar-refractivity contribution >= 4 is 23.4 Å². The number of carbonyl (C=O) groups excluding carboxylic acids is 1. The quantitative estimate of drug-likeness (QED) is 0.671. The molecule has 0 saturated carbocycles. The van der Waals surface area contributed by atoms with E-state index in [4.69, 9.17) is 18.0 Å². The predicted octanol–water partition coefficient (Wildman–Crippen LogP) is 2.43. The van der Waals surface area contributed by atoms with E-state index >= 15 is 0 Å². The number of aldehydes is 1. The van der Waals surface area contributed by atoms with Crippen LogP contribution in [0, 0.1) is 5.82 Å². The van der Waals surface area contributed by atoms with Crippen LogP contribution in [0.2, 0.25) is 0 Å². The smallest absolute Gasteiger partial charge is 0.147 e. The Hall–Kier alpha value is -1.65. The lowest BCUT2D eigenvalue weighted by atomic mass is 9.83. The van der Waals surface area contributed by atoms with Crippen LogP contribution >= 0.6 is 12.2 Å². The fourth-order valence-corrected chi connectivity index (χ4v) is 2.45. The highest BCUT2D eigenvalue weighted by atomic mass is 32.1. The maximum atomic E-state index is 13.7. The van der Waals surface area contributed by atoms with Gasteiger partial charge in [0.05, 0.1) is 0 Å². The number of thiocarbonyl (C=S) groups is 1. The lowest BCUT2D eigenvalue weighted by molar-refractivity contribution is -0.105. The average Bonchev–Trinajstić information content (AvgIpc) is 2.38. The Morgan fingerprint density at radius 3 is 2.89 bits per heavy atom. The van der Waals surface area contributed by atoms with Gasteiger partial charge in [0.15, 0.2) is 0 Å². The van der Waals surface area contributed by atoms with E-state index in [9.17, 15) is 9.18 Å². The molecule has 0 amide bonds. The van der Waals surface area contributed by atoms with E-state index in [2.05, 4.69) is 0 Å². The van der Waals surface area contributed by atoms with E-state index < -0.39 is 0 Å². The van der Waals surface area contributed by atoms with Crippen molar-refractivity contribution in [2.24, 2.45) is 5.73 Å². The zero-order valence-electron chi connectivity index (χ0n) is 9.60. The van der Waals surface area contributed by atoms with Crippen molar-refractivity contribution in [1.29, 1.82) is 0 Å². The summed E-state index contributed by atoms with van der Waals surface area (Å²) in [6, 6.07) is 4.73. The van der Waals surface area contributed by atoms with Gasteiger partial charge in [0.1, 0.15) is 12.1 Å². The molecular weight excluding hydrogens is 249 g/mol. The first-order valence-corrected chi connectivity index (χ1v) is 5.94. The fraction of sp³-hybridized carbons (Fsp3) is 0.143. The summed E-state index contributed by atoms with van der Waals surface area (Å²) in [5.41, 5.74) is 7.19. The molecule has 0 aliphatic heterocycles. The van der Waals surface area contributed by atoms with Gasteiger partial charge in [-0.05, 0) is 17.7 Å². The molecule has 0 fully saturated rings. The van der Waals surface area contributed by atoms with E-state index in [0.29, 0.717) is 21.6 Å². The molecule has 1 aliphatic carbocycles. The lowest BCUT2D eigenvalue weighted by Crippen LogP contribution is -2.18. The predicted molar refractivity (Wildman–Crippen MR) is 72.9 cm³/mol. The summed E-state index contributed by atoms with van der Waals surface area (Å²) in [5.74, 6) is -0.741. The highest BCUT2D eigenvalue weighted by molar-refractivity contribution is 7.80. The molecule has 4 heteroatoms. The van der Waals surface area contributed by atoms with Crippen LogP contribution in [0.15, 0.2) is 42.0 Å². The molecule has 1 aliphatic rings. The minimum atomic E-state index is -0.378. The van der Waals surface area contributed by atoms with E-state index in [1.54, 1.807) is 30.4 Å². The van der Waals surface area contributed by atoms with Gasteiger partial charge in [-0.25, -0.2) is 4.39 Å². The van der Waals surface area contributed by atoms with Crippen molar-refractivity contribution in [2.45, 2.75) is 12.5 Å². The van der Waals surface area contributed by atoms with Crippen molar-refractivity contribution in [1.82, 2.24) is 0 Å². The average molecular weight is 261 g/mol. The summed E-state index contributed by atoms with van der Waals surface area (Å²) in [5, 5.41) is 0. The van der Waals surface area contributed by atoms with Crippen LogP contribution in [0.4, 0.5) is 4.39 Å². The number of nitrogens with two attached hydrogens (primary N) is 1. The molecular formula is C14H12FNOS. The van der Waals surface area contributed by atoms with E-state index in [0.717, 1.165) is 6.29 Å². The molecule has 0 radical (unpaired) electrons. The molecule has 2 nitrogen and oxygen atoms in total. The Bertz CT molecular complexity index is 563. The number of carbonyl (C=O) groups is 1. The van der Waals surface area contributed by atoms with Gasteiger partial charge in [-0.3, -0.25) is 4.79 Å². The minimum Gasteiger partial charge on any atom is -0.326 e. The monoisotopic (exact) mass is 261 g/mol. The SMILES string of the molecule is NCc1c(F)cccc1C1C(=S)C=CC=C1C=O. The molecule has 0 aromatic heterocycles. The maximum absolute atomic E-state index is 13.7. The number of benzene rings is 1. The summed E-state index contributed by atoms with van der Waals surface area (Å²) in [6.45, 7) is 0.0803. The Balaban J connectivity index is 2.57. The van der Waals surface area contributed by atoms with Crippen LogP contribution in [0.5, 0.6) is 0 Å². The molecule has 0 spiro atoms. The third-order valence-corrected chi connectivity index (χ3v) is 3.35. The largest absolute Gasteiger partial charge is 0.326 e. The maximum Gasteiger partial charge on any atom is 0.147 e. The molecule has 2 rings (SSSR count). The third-order valence-electron chi connectivity index (χ3n) is 2.97. The van der Waals surface area contributed by atoms with Crippen molar-refractivity contribution in [3.8, 4) is 0 Å². The number of allylic oxidation sites excluding steroid dienone is 4. The van der Waals surface area contributed by atoms with E-state index in [-0.39, 0.29) is 18.3 Å². The number of rotatable bonds is 3. The topological polar surface area (TPSA) is 43.1 Å². The van der Waals surface area contributed by atoms with E-state index in [1.807, 2.05) is 0 Å². The summed E-state index contributed by atoms with van der Waals surface area (Å²) >= 11 is 5.25. The van der Waals surface area contributed by atoms with Crippen molar-refractivity contribution in [2.75, 3.05) is 0 Å². The molecule has 0 heterocycles. The van der Waals surface area contributed by atoms with Gasteiger partial charge < -0.3 is 5.73 Å². The van der Waals surface area contributed by atoms with Gasteiger partial charge in [0.25, 0.3) is 0 Å². The summed E-state index contributed by atoms with van der Waals surface area (Å²) in [7, 11) is 0. The molecule has 1 atom stereocenters. The van der Waals surface area contributed by atoms with Gasteiger partial charge in [-0.1, -0.05) is 36.5 Å². The van der Waals surface area contributed by atoms with Gasteiger partial charge in [0.2, 0.25) is 0 Å². The van der Waals surface area contributed by atoms with E-state index in [1.165, 1.54) is 6.07 Å². The second-order valence-corrected chi connectivity index (χ2v) is 4.46. The molecule has 18 heavy (non-hydrogen) atoms. The zero-order valence-corrected chi connectivity index (χ0v) is 10.4. The standard InChI is InChI=1S/C14H12FNOS/c15-12-5-2-4-10(11(12)7-16)14-9(8-17)3-1-6-13(14)18/h1-6,8,14H,7,16H2. The van der Waals surface area contributed by atoms with Gasteiger partial charge in [-0.15, -0.1) is 0 Å². The normalized spacial score (nSPS) is 18.7. The Kier molecular flexibility index (Phi) is 3.79. The van der Waals surface area contributed by atoms with Crippen LogP contribution in [0.1, 0.15) is 17.0 Å². The first-order valence-electron chi connectivity index (χ1n) is 5.53. The first kappa shape index (κ1) is 12.8. The van der Waals surface area contributed by atoms with Gasteiger partial charge >= 0.3 is 0 Å². The molecule has 1 aromatic carbocycles. The molecule has 0 saturated heterocycles. The highest BCUT2D eigenvalue weighted by Crippen LogP contribution is 2.31. The van der Waals surface area contributed by atoms with Gasteiger partial charge in [0, 0.05) is 28.5 Å². The molecule has 1 unspecified atom stereocenters. The Morgan fingerprint density at radius 1 is 1.44 bits per heavy atom. The second kappa shape index (κ2) is 5.33. The fourth-order valence-electron chi connectivity index (χ4n) is 2.11. The van der Waals surface area contributed by atoms with Crippen LogP contribution in [-0.4, -0.2) is 11.2 Å². The number of hydrogen-bond donors (Lipinski definition) is 1. The van der Waals surface area contributed by atoms with Crippen LogP contribution in [-0.2, 0) is 11.3 Å². The van der Waals surface area contributed by atoms with Crippen LogP contribution in [0.3, 0.4) is 0 Å². The van der Waals surface area contributed by atoms with Crippen LogP contribution in [0.25, 0.3) is 0 Å². The lowest BCUT2D eigenvalue weighted by Gasteiger charge is -2.22. The Morgan fingerprint density at radius 2 is 2.22 bits per heavy atom. The van der Waals surface area contributed by atoms with Crippen molar-refractivity contribution in [3.63, 3.8) is 0 Å². The summed E-state index contributed by atoms with van der Waals surface area (Å²) in [4.78, 5) is 11.7. The minimum absolute atomic E-state index is 0.0803. The second-order valence-electron chi connectivity index (χ2n) is 3.99. The molecule has 92 valence electrons. The van der Waals surface area contributed by atoms with Crippen LogP contribution < -0.4 is 5.73 Å². The molecule has 0 bridgehead atoms. The summed E-state index contributed by atoms with van der Waals surface area (Å²) in [6.07, 6.45) is 5.92. The highest BCUT2D eigenvalue weighted by Gasteiger charge is 2.24. The van der Waals surface area contributed by atoms with Crippen molar-refractivity contribution in [3.05, 3.63) is 58.9 Å². The molecule has 1 aromatic rings.